The van der Waals surface area contributed by atoms with Gasteiger partial charge >= 0.3 is 5.97 Å². The molecule has 0 unspecified atom stereocenters. The van der Waals surface area contributed by atoms with E-state index in [-0.39, 0.29) is 12.5 Å². The molecule has 4 rings (SSSR count). The highest BCUT2D eigenvalue weighted by molar-refractivity contribution is 6.06. The second-order valence-corrected chi connectivity index (χ2v) is 7.68. The number of hydrogen-bond acceptors (Lipinski definition) is 4. The number of carbonyl (C=O) groups excluding carboxylic acids is 2. The first-order chi connectivity index (χ1) is 14.0. The second-order valence-electron chi connectivity index (χ2n) is 7.68. The van der Waals surface area contributed by atoms with Gasteiger partial charge in [-0.05, 0) is 54.5 Å². The minimum atomic E-state index is -0.466. The van der Waals surface area contributed by atoms with E-state index in [1.165, 1.54) is 5.56 Å². The predicted octanol–water partition coefficient (Wildman–Crippen LogP) is 4.64. The van der Waals surface area contributed by atoms with Crippen molar-refractivity contribution in [3.05, 3.63) is 70.9 Å². The lowest BCUT2D eigenvalue weighted by molar-refractivity contribution is -0.119. The van der Waals surface area contributed by atoms with E-state index in [0.717, 1.165) is 41.4 Å². The molecule has 0 aliphatic heterocycles. The number of pyridine rings is 1. The molecular formula is C24H24N2O3. The number of benzene rings is 2. The van der Waals surface area contributed by atoms with Crippen LogP contribution in [-0.4, -0.2) is 23.5 Å². The van der Waals surface area contributed by atoms with Crippen LogP contribution >= 0.6 is 0 Å². The van der Waals surface area contributed by atoms with Crippen molar-refractivity contribution in [2.75, 3.05) is 11.9 Å². The van der Waals surface area contributed by atoms with Gasteiger partial charge in [-0.15, -0.1) is 0 Å². The summed E-state index contributed by atoms with van der Waals surface area (Å²) in [7, 11) is 0. The minimum absolute atomic E-state index is 0.323. The van der Waals surface area contributed by atoms with Crippen molar-refractivity contribution < 1.29 is 14.3 Å². The summed E-state index contributed by atoms with van der Waals surface area (Å²) < 4.78 is 5.38. The zero-order chi connectivity index (χ0) is 20.4. The highest BCUT2D eigenvalue weighted by atomic mass is 16.5. The van der Waals surface area contributed by atoms with Gasteiger partial charge in [0.2, 0.25) is 0 Å². The molecule has 0 fully saturated rings. The Hall–Kier alpha value is -3.21. The fourth-order valence-corrected chi connectivity index (χ4v) is 3.80. The molecule has 1 aliphatic rings. The van der Waals surface area contributed by atoms with Gasteiger partial charge in [-0.2, -0.15) is 0 Å². The van der Waals surface area contributed by atoms with Crippen molar-refractivity contribution >= 4 is 28.5 Å². The molecule has 29 heavy (non-hydrogen) atoms. The van der Waals surface area contributed by atoms with Crippen molar-refractivity contribution in [3.63, 3.8) is 0 Å². The molecule has 1 amide bonds. The van der Waals surface area contributed by atoms with Crippen molar-refractivity contribution in [3.8, 4) is 0 Å². The number of fused-ring (bicyclic) bond motifs is 2. The van der Waals surface area contributed by atoms with Crippen LogP contribution in [0.3, 0.4) is 0 Å². The number of carbonyl (C=O) groups is 2. The predicted molar refractivity (Wildman–Crippen MR) is 113 cm³/mol. The first-order valence-corrected chi connectivity index (χ1v) is 10.0. The van der Waals surface area contributed by atoms with E-state index in [9.17, 15) is 9.59 Å². The molecule has 5 nitrogen and oxygen atoms in total. The van der Waals surface area contributed by atoms with Crippen molar-refractivity contribution in [2.24, 2.45) is 0 Å². The van der Waals surface area contributed by atoms with Gasteiger partial charge in [0.15, 0.2) is 6.61 Å². The van der Waals surface area contributed by atoms with E-state index in [0.29, 0.717) is 17.2 Å². The fourth-order valence-electron chi connectivity index (χ4n) is 3.80. The van der Waals surface area contributed by atoms with Crippen LogP contribution in [0, 0.1) is 0 Å². The van der Waals surface area contributed by atoms with E-state index in [1.54, 1.807) is 0 Å². The van der Waals surface area contributed by atoms with E-state index >= 15 is 0 Å². The van der Waals surface area contributed by atoms with Crippen molar-refractivity contribution in [1.29, 1.82) is 0 Å². The number of amides is 1. The lowest BCUT2D eigenvalue weighted by atomic mass is 10.0. The number of nitrogens with zero attached hydrogens (tertiary/aromatic N) is 1. The van der Waals surface area contributed by atoms with Crippen LogP contribution in [0.25, 0.3) is 10.9 Å². The maximum atomic E-state index is 12.9. The van der Waals surface area contributed by atoms with Gasteiger partial charge in [-0.25, -0.2) is 4.79 Å². The summed E-state index contributed by atoms with van der Waals surface area (Å²) in [5, 5.41) is 3.56. The zero-order valence-corrected chi connectivity index (χ0v) is 16.7. The molecule has 0 atom stereocenters. The SMILES string of the molecule is CC(C)c1ccc(NC(=O)COC(=O)c2c3c(nc4ccccc24)CCC3)cc1. The molecule has 1 heterocycles. The summed E-state index contributed by atoms with van der Waals surface area (Å²) in [6, 6.07) is 15.3. The summed E-state index contributed by atoms with van der Waals surface area (Å²) in [4.78, 5) is 29.8. The van der Waals surface area contributed by atoms with Crippen LogP contribution in [0.4, 0.5) is 5.69 Å². The van der Waals surface area contributed by atoms with Gasteiger partial charge in [0.25, 0.3) is 5.91 Å². The normalized spacial score (nSPS) is 12.8. The van der Waals surface area contributed by atoms with E-state index < -0.39 is 5.97 Å². The van der Waals surface area contributed by atoms with Crippen LogP contribution in [0.2, 0.25) is 0 Å². The Morgan fingerprint density at radius 3 is 2.59 bits per heavy atom. The molecule has 0 spiro atoms. The molecule has 0 bridgehead atoms. The topological polar surface area (TPSA) is 68.3 Å². The average Bonchev–Trinajstić information content (AvgIpc) is 3.18. The molecular weight excluding hydrogens is 364 g/mol. The molecule has 3 aromatic rings. The Morgan fingerprint density at radius 2 is 1.83 bits per heavy atom. The molecule has 148 valence electrons. The summed E-state index contributed by atoms with van der Waals surface area (Å²) in [6.07, 6.45) is 2.66. The third-order valence-electron chi connectivity index (χ3n) is 5.32. The zero-order valence-electron chi connectivity index (χ0n) is 16.7. The first-order valence-electron chi connectivity index (χ1n) is 10.0. The molecule has 1 N–H and O–H groups in total. The summed E-state index contributed by atoms with van der Waals surface area (Å²) >= 11 is 0. The maximum Gasteiger partial charge on any atom is 0.339 e. The van der Waals surface area contributed by atoms with Gasteiger partial charge < -0.3 is 10.1 Å². The third kappa shape index (κ3) is 3.99. The second kappa shape index (κ2) is 8.03. The third-order valence-corrected chi connectivity index (χ3v) is 5.32. The number of anilines is 1. The minimum Gasteiger partial charge on any atom is -0.452 e. The van der Waals surface area contributed by atoms with Gasteiger partial charge in [0.1, 0.15) is 0 Å². The van der Waals surface area contributed by atoms with Crippen LogP contribution in [0.1, 0.15) is 53.4 Å². The molecule has 1 aliphatic carbocycles. The summed E-state index contributed by atoms with van der Waals surface area (Å²) in [6.45, 7) is 3.91. The van der Waals surface area contributed by atoms with Crippen LogP contribution in [-0.2, 0) is 22.4 Å². The Kier molecular flexibility index (Phi) is 5.30. The van der Waals surface area contributed by atoms with Crippen LogP contribution in [0.5, 0.6) is 0 Å². The van der Waals surface area contributed by atoms with Crippen LogP contribution < -0.4 is 5.32 Å². The molecule has 5 heteroatoms. The monoisotopic (exact) mass is 388 g/mol. The van der Waals surface area contributed by atoms with Crippen LogP contribution in [0.15, 0.2) is 48.5 Å². The van der Waals surface area contributed by atoms with Crippen molar-refractivity contribution in [1.82, 2.24) is 4.98 Å². The van der Waals surface area contributed by atoms with Gasteiger partial charge in [0.05, 0.1) is 11.1 Å². The van der Waals surface area contributed by atoms with Gasteiger partial charge in [-0.1, -0.05) is 44.2 Å². The quantitative estimate of drug-likeness (QED) is 0.647. The lowest BCUT2D eigenvalue weighted by Gasteiger charge is -2.12. The number of nitrogens with one attached hydrogen (secondary N) is 1. The Balaban J connectivity index is 1.47. The Bertz CT molecular complexity index is 1070. The number of aryl methyl sites for hydroxylation is 1. The van der Waals surface area contributed by atoms with E-state index in [2.05, 4.69) is 24.1 Å². The molecule has 2 aromatic carbocycles. The standard InChI is InChI=1S/C24H24N2O3/c1-15(2)16-10-12-17(13-11-16)25-22(27)14-29-24(28)23-18-6-3-4-8-20(18)26-21-9-5-7-19(21)23/h3-4,6,8,10-13,15H,5,7,9,14H2,1-2H3,(H,25,27). The highest BCUT2D eigenvalue weighted by Crippen LogP contribution is 2.30. The number of esters is 1. The average molecular weight is 388 g/mol. The fraction of sp³-hybridized carbons (Fsp3) is 0.292. The Morgan fingerprint density at radius 1 is 1.07 bits per heavy atom. The summed E-state index contributed by atoms with van der Waals surface area (Å²) in [5.74, 6) is -0.393. The largest absolute Gasteiger partial charge is 0.452 e. The van der Waals surface area contributed by atoms with Crippen molar-refractivity contribution in [2.45, 2.75) is 39.0 Å². The molecule has 1 aromatic heterocycles. The first kappa shape index (κ1) is 19.1. The smallest absolute Gasteiger partial charge is 0.339 e. The van der Waals surface area contributed by atoms with E-state index in [1.807, 2.05) is 48.5 Å². The number of hydrogen-bond donors (Lipinski definition) is 1. The highest BCUT2D eigenvalue weighted by Gasteiger charge is 2.25. The molecule has 0 saturated heterocycles. The van der Waals surface area contributed by atoms with Gasteiger partial charge in [-0.3, -0.25) is 9.78 Å². The number of ether oxygens (including phenoxy) is 1. The Labute approximate surface area is 170 Å². The number of aromatic nitrogens is 1. The lowest BCUT2D eigenvalue weighted by Crippen LogP contribution is -2.21. The number of rotatable bonds is 5. The number of para-hydroxylation sites is 1. The van der Waals surface area contributed by atoms with Gasteiger partial charge in [0, 0.05) is 16.8 Å². The maximum absolute atomic E-state index is 12.9. The van der Waals surface area contributed by atoms with E-state index in [4.69, 9.17) is 4.74 Å². The molecule has 0 saturated carbocycles. The molecule has 0 radical (unpaired) electrons. The summed E-state index contributed by atoms with van der Waals surface area (Å²) in [5.41, 5.74) is 5.15.